The summed E-state index contributed by atoms with van der Waals surface area (Å²) < 4.78 is 0. The van der Waals surface area contributed by atoms with Gasteiger partial charge in [-0.15, -0.1) is 0 Å². The molecule has 3 nitrogen and oxygen atoms in total. The summed E-state index contributed by atoms with van der Waals surface area (Å²) in [6, 6.07) is 7.70. The highest BCUT2D eigenvalue weighted by atomic mass is 35.5. The fraction of sp³-hybridized carbons (Fsp3) is 0.400. The highest BCUT2D eigenvalue weighted by Crippen LogP contribution is 2.29. The van der Waals surface area contributed by atoms with Crippen LogP contribution in [-0.2, 0) is 0 Å². The molecule has 0 spiro atoms. The number of rotatable bonds is 5. The molecule has 1 aromatic carbocycles. The highest BCUT2D eigenvalue weighted by Gasteiger charge is 2.20. The van der Waals surface area contributed by atoms with E-state index in [0.717, 1.165) is 23.0 Å². The SMILES string of the molecule is CCC(C)(CO)CNc1ccc(Cl)c2ncccc12. The van der Waals surface area contributed by atoms with Crippen LogP contribution in [0.3, 0.4) is 0 Å². The zero-order valence-electron chi connectivity index (χ0n) is 11.3. The van der Waals surface area contributed by atoms with Crippen molar-refractivity contribution >= 4 is 28.2 Å². The second-order valence-electron chi connectivity index (χ2n) is 5.17. The summed E-state index contributed by atoms with van der Waals surface area (Å²) in [5.41, 5.74) is 1.69. The minimum atomic E-state index is -0.117. The Labute approximate surface area is 118 Å². The molecule has 1 aromatic heterocycles. The second kappa shape index (κ2) is 5.76. The summed E-state index contributed by atoms with van der Waals surface area (Å²) in [5.74, 6) is 0. The van der Waals surface area contributed by atoms with Crippen LogP contribution in [0.4, 0.5) is 5.69 Å². The molecule has 2 aromatic rings. The van der Waals surface area contributed by atoms with Gasteiger partial charge in [0.2, 0.25) is 0 Å². The molecule has 4 heteroatoms. The van der Waals surface area contributed by atoms with Crippen LogP contribution in [0.15, 0.2) is 30.5 Å². The van der Waals surface area contributed by atoms with Crippen molar-refractivity contribution < 1.29 is 5.11 Å². The highest BCUT2D eigenvalue weighted by molar-refractivity contribution is 6.35. The standard InChI is InChI=1S/C15H19ClN2O/c1-3-15(2,10-19)9-18-13-7-6-12(16)14-11(13)5-4-8-17-14/h4-8,18-19H,3,9-10H2,1-2H3. The number of benzene rings is 1. The Morgan fingerprint density at radius 1 is 1.37 bits per heavy atom. The largest absolute Gasteiger partial charge is 0.396 e. The van der Waals surface area contributed by atoms with Gasteiger partial charge in [0.1, 0.15) is 0 Å². The maximum atomic E-state index is 9.45. The number of hydrogen-bond acceptors (Lipinski definition) is 3. The van der Waals surface area contributed by atoms with Gasteiger partial charge in [0, 0.05) is 29.2 Å². The molecular weight excluding hydrogens is 260 g/mol. The van der Waals surface area contributed by atoms with Gasteiger partial charge in [-0.2, -0.15) is 0 Å². The van der Waals surface area contributed by atoms with Crippen LogP contribution in [-0.4, -0.2) is 23.2 Å². The maximum absolute atomic E-state index is 9.45. The maximum Gasteiger partial charge on any atom is 0.0908 e. The van der Waals surface area contributed by atoms with E-state index < -0.39 is 0 Å². The van der Waals surface area contributed by atoms with E-state index in [9.17, 15) is 5.11 Å². The van der Waals surface area contributed by atoms with E-state index in [-0.39, 0.29) is 12.0 Å². The van der Waals surface area contributed by atoms with Crippen molar-refractivity contribution in [3.05, 3.63) is 35.5 Å². The molecule has 2 N–H and O–H groups in total. The number of aliphatic hydroxyl groups is 1. The van der Waals surface area contributed by atoms with Crippen LogP contribution in [0.1, 0.15) is 20.3 Å². The number of nitrogens with zero attached hydrogens (tertiary/aromatic N) is 1. The van der Waals surface area contributed by atoms with Gasteiger partial charge in [0.05, 0.1) is 17.1 Å². The molecule has 0 saturated heterocycles. The van der Waals surface area contributed by atoms with E-state index in [1.54, 1.807) is 6.20 Å². The van der Waals surface area contributed by atoms with Crippen molar-refractivity contribution in [2.24, 2.45) is 5.41 Å². The summed E-state index contributed by atoms with van der Waals surface area (Å²) in [5, 5.41) is 14.5. The molecule has 0 fully saturated rings. The molecule has 0 aliphatic rings. The quantitative estimate of drug-likeness (QED) is 0.876. The average Bonchev–Trinajstić information content (AvgIpc) is 2.46. The second-order valence-corrected chi connectivity index (χ2v) is 5.58. The lowest BCUT2D eigenvalue weighted by atomic mass is 9.88. The Morgan fingerprint density at radius 2 is 2.16 bits per heavy atom. The molecule has 0 aliphatic heterocycles. The molecule has 1 atom stereocenters. The Kier molecular flexibility index (Phi) is 4.27. The predicted octanol–water partition coefficient (Wildman–Crippen LogP) is 3.71. The molecule has 19 heavy (non-hydrogen) atoms. The first-order valence-corrected chi connectivity index (χ1v) is 6.85. The molecule has 1 unspecified atom stereocenters. The van der Waals surface area contributed by atoms with Gasteiger partial charge in [-0.1, -0.05) is 25.4 Å². The van der Waals surface area contributed by atoms with Gasteiger partial charge in [0.15, 0.2) is 0 Å². The first-order chi connectivity index (χ1) is 9.09. The van der Waals surface area contributed by atoms with Crippen molar-refractivity contribution in [1.29, 1.82) is 0 Å². The number of halogens is 1. The number of aromatic nitrogens is 1. The average molecular weight is 279 g/mol. The van der Waals surface area contributed by atoms with E-state index in [0.29, 0.717) is 11.6 Å². The van der Waals surface area contributed by atoms with Crippen molar-refractivity contribution in [2.75, 3.05) is 18.5 Å². The molecule has 0 saturated carbocycles. The van der Waals surface area contributed by atoms with Crippen LogP contribution >= 0.6 is 11.6 Å². The van der Waals surface area contributed by atoms with E-state index in [4.69, 9.17) is 11.6 Å². The van der Waals surface area contributed by atoms with Crippen molar-refractivity contribution in [3.63, 3.8) is 0 Å². The number of aliphatic hydroxyl groups excluding tert-OH is 1. The Morgan fingerprint density at radius 3 is 2.84 bits per heavy atom. The summed E-state index contributed by atoms with van der Waals surface area (Å²) >= 11 is 6.14. The third-order valence-corrected chi connectivity index (χ3v) is 3.97. The van der Waals surface area contributed by atoms with Gasteiger partial charge < -0.3 is 10.4 Å². The first kappa shape index (κ1) is 14.1. The van der Waals surface area contributed by atoms with E-state index in [1.807, 2.05) is 24.3 Å². The number of nitrogens with one attached hydrogen (secondary N) is 1. The van der Waals surface area contributed by atoms with Crippen molar-refractivity contribution in [3.8, 4) is 0 Å². The van der Waals surface area contributed by atoms with Crippen LogP contribution < -0.4 is 5.32 Å². The van der Waals surface area contributed by atoms with Gasteiger partial charge in [-0.3, -0.25) is 4.98 Å². The zero-order valence-corrected chi connectivity index (χ0v) is 12.0. The number of anilines is 1. The number of fused-ring (bicyclic) bond motifs is 1. The summed E-state index contributed by atoms with van der Waals surface area (Å²) in [7, 11) is 0. The van der Waals surface area contributed by atoms with Gasteiger partial charge in [0.25, 0.3) is 0 Å². The van der Waals surface area contributed by atoms with E-state index in [2.05, 4.69) is 24.1 Å². The summed E-state index contributed by atoms with van der Waals surface area (Å²) in [4.78, 5) is 4.30. The van der Waals surface area contributed by atoms with E-state index >= 15 is 0 Å². The summed E-state index contributed by atoms with van der Waals surface area (Å²) in [6.07, 6.45) is 2.65. The normalized spacial score (nSPS) is 14.3. The third-order valence-electron chi connectivity index (χ3n) is 3.66. The number of pyridine rings is 1. The summed E-state index contributed by atoms with van der Waals surface area (Å²) in [6.45, 7) is 5.03. The fourth-order valence-electron chi connectivity index (χ4n) is 1.89. The molecule has 0 radical (unpaired) electrons. The molecule has 102 valence electrons. The topological polar surface area (TPSA) is 45.1 Å². The monoisotopic (exact) mass is 278 g/mol. The molecular formula is C15H19ClN2O. The van der Waals surface area contributed by atoms with Gasteiger partial charge >= 0.3 is 0 Å². The predicted molar refractivity (Wildman–Crippen MR) is 80.7 cm³/mol. The lowest BCUT2D eigenvalue weighted by Gasteiger charge is -2.26. The van der Waals surface area contributed by atoms with Crippen LogP contribution in [0, 0.1) is 5.41 Å². The minimum absolute atomic E-state index is 0.117. The Hall–Kier alpha value is -1.32. The minimum Gasteiger partial charge on any atom is -0.396 e. The fourth-order valence-corrected chi connectivity index (χ4v) is 2.11. The van der Waals surface area contributed by atoms with Gasteiger partial charge in [-0.25, -0.2) is 0 Å². The Bertz CT molecular complexity index is 567. The molecule has 1 heterocycles. The van der Waals surface area contributed by atoms with Crippen LogP contribution in [0.5, 0.6) is 0 Å². The molecule has 2 rings (SSSR count). The van der Waals surface area contributed by atoms with Crippen molar-refractivity contribution in [1.82, 2.24) is 4.98 Å². The zero-order chi connectivity index (χ0) is 13.9. The van der Waals surface area contributed by atoms with E-state index in [1.165, 1.54) is 0 Å². The van der Waals surface area contributed by atoms with Crippen molar-refractivity contribution in [2.45, 2.75) is 20.3 Å². The van der Waals surface area contributed by atoms with Gasteiger partial charge in [-0.05, 0) is 30.7 Å². The van der Waals surface area contributed by atoms with Crippen LogP contribution in [0.25, 0.3) is 10.9 Å². The Balaban J connectivity index is 2.29. The van der Waals surface area contributed by atoms with Crippen LogP contribution in [0.2, 0.25) is 5.02 Å². The molecule has 0 aliphatic carbocycles. The molecule has 0 amide bonds. The lowest BCUT2D eigenvalue weighted by Crippen LogP contribution is -2.29. The first-order valence-electron chi connectivity index (χ1n) is 6.47. The smallest absolute Gasteiger partial charge is 0.0908 e. The molecule has 0 bridgehead atoms. The number of hydrogen-bond donors (Lipinski definition) is 2. The lowest BCUT2D eigenvalue weighted by molar-refractivity contribution is 0.149. The third kappa shape index (κ3) is 2.99.